The summed E-state index contributed by atoms with van der Waals surface area (Å²) in [5.74, 6) is 1.81. The standard InChI is InChI=1S/C20H21NO3/c1-3-14(2)16-6-8-17(9-7-16)21-20(22)11-5-15-4-10-18-19(12-15)24-13-23-18/h4-12,14H,3,13H2,1-2H3,(H,21,22)/b11-5+/t14-/m0/s1. The Balaban J connectivity index is 1.61. The molecule has 2 aromatic carbocycles. The third-order valence-electron chi connectivity index (χ3n) is 4.18. The van der Waals surface area contributed by atoms with Crippen LogP contribution < -0.4 is 14.8 Å². The average Bonchev–Trinajstić information content (AvgIpc) is 3.07. The third kappa shape index (κ3) is 3.77. The van der Waals surface area contributed by atoms with Crippen LogP contribution in [0.25, 0.3) is 6.08 Å². The molecule has 0 spiro atoms. The van der Waals surface area contributed by atoms with E-state index in [9.17, 15) is 4.79 Å². The number of carbonyl (C=O) groups is 1. The van der Waals surface area contributed by atoms with Crippen LogP contribution in [0.4, 0.5) is 5.69 Å². The predicted molar refractivity (Wildman–Crippen MR) is 95.4 cm³/mol. The van der Waals surface area contributed by atoms with E-state index in [1.54, 1.807) is 6.08 Å². The van der Waals surface area contributed by atoms with Crippen molar-refractivity contribution in [3.63, 3.8) is 0 Å². The van der Waals surface area contributed by atoms with Gasteiger partial charge in [0, 0.05) is 11.8 Å². The van der Waals surface area contributed by atoms with Crippen molar-refractivity contribution in [3.8, 4) is 11.5 Å². The Hall–Kier alpha value is -2.75. The number of carbonyl (C=O) groups excluding carboxylic acids is 1. The van der Waals surface area contributed by atoms with Gasteiger partial charge in [-0.15, -0.1) is 0 Å². The van der Waals surface area contributed by atoms with Crippen molar-refractivity contribution < 1.29 is 14.3 Å². The largest absolute Gasteiger partial charge is 0.454 e. The minimum absolute atomic E-state index is 0.163. The third-order valence-corrected chi connectivity index (χ3v) is 4.18. The van der Waals surface area contributed by atoms with Gasteiger partial charge in [0.25, 0.3) is 0 Å². The highest BCUT2D eigenvalue weighted by atomic mass is 16.7. The molecule has 124 valence electrons. The lowest BCUT2D eigenvalue weighted by Gasteiger charge is -2.09. The SMILES string of the molecule is CC[C@H](C)c1ccc(NC(=O)/C=C/c2ccc3c(c2)OCO3)cc1. The molecule has 2 aromatic rings. The summed E-state index contributed by atoms with van der Waals surface area (Å²) in [4.78, 5) is 12.0. The molecule has 0 bridgehead atoms. The highest BCUT2D eigenvalue weighted by molar-refractivity contribution is 6.01. The van der Waals surface area contributed by atoms with Gasteiger partial charge < -0.3 is 14.8 Å². The number of benzene rings is 2. The van der Waals surface area contributed by atoms with Crippen LogP contribution in [0.5, 0.6) is 11.5 Å². The van der Waals surface area contributed by atoms with Crippen molar-refractivity contribution in [1.29, 1.82) is 0 Å². The number of rotatable bonds is 5. The fourth-order valence-corrected chi connectivity index (χ4v) is 2.50. The maximum absolute atomic E-state index is 12.0. The van der Waals surface area contributed by atoms with E-state index in [0.29, 0.717) is 11.7 Å². The van der Waals surface area contributed by atoms with E-state index in [2.05, 4.69) is 31.3 Å². The van der Waals surface area contributed by atoms with Gasteiger partial charge in [0.1, 0.15) is 0 Å². The summed E-state index contributed by atoms with van der Waals surface area (Å²) < 4.78 is 10.6. The average molecular weight is 323 g/mol. The fourth-order valence-electron chi connectivity index (χ4n) is 2.50. The van der Waals surface area contributed by atoms with Crippen LogP contribution in [0.15, 0.2) is 48.5 Å². The molecule has 1 amide bonds. The lowest BCUT2D eigenvalue weighted by Crippen LogP contribution is -2.07. The molecule has 1 atom stereocenters. The van der Waals surface area contributed by atoms with Crippen LogP contribution in [0, 0.1) is 0 Å². The summed E-state index contributed by atoms with van der Waals surface area (Å²) in [6.45, 7) is 4.61. The Morgan fingerprint density at radius 2 is 1.92 bits per heavy atom. The van der Waals surface area contributed by atoms with Crippen molar-refractivity contribution in [3.05, 3.63) is 59.7 Å². The number of anilines is 1. The molecule has 4 heteroatoms. The molecule has 1 aliphatic rings. The number of hydrogen-bond donors (Lipinski definition) is 1. The zero-order chi connectivity index (χ0) is 16.9. The Labute approximate surface area is 142 Å². The Bertz CT molecular complexity index is 750. The number of amides is 1. The first-order valence-electron chi connectivity index (χ1n) is 8.14. The van der Waals surface area contributed by atoms with Crippen molar-refractivity contribution >= 4 is 17.7 Å². The van der Waals surface area contributed by atoms with Gasteiger partial charge in [0.15, 0.2) is 11.5 Å². The molecule has 0 saturated carbocycles. The first kappa shape index (κ1) is 16.1. The van der Waals surface area contributed by atoms with Gasteiger partial charge in [-0.3, -0.25) is 4.79 Å². The van der Waals surface area contributed by atoms with E-state index >= 15 is 0 Å². The molecular weight excluding hydrogens is 302 g/mol. The second-order valence-electron chi connectivity index (χ2n) is 5.87. The van der Waals surface area contributed by atoms with Gasteiger partial charge in [0.05, 0.1) is 0 Å². The van der Waals surface area contributed by atoms with E-state index in [0.717, 1.165) is 23.4 Å². The normalized spacial score (nSPS) is 13.9. The highest BCUT2D eigenvalue weighted by Gasteiger charge is 2.12. The van der Waals surface area contributed by atoms with Crippen molar-refractivity contribution in [2.75, 3.05) is 12.1 Å². The van der Waals surface area contributed by atoms with E-state index < -0.39 is 0 Å². The lowest BCUT2D eigenvalue weighted by atomic mass is 9.99. The Morgan fingerprint density at radius 1 is 1.17 bits per heavy atom. The molecule has 3 rings (SSSR count). The maximum atomic E-state index is 12.0. The van der Waals surface area contributed by atoms with E-state index in [4.69, 9.17) is 9.47 Å². The second kappa shape index (κ2) is 7.21. The first-order valence-corrected chi connectivity index (χ1v) is 8.14. The van der Waals surface area contributed by atoms with Gasteiger partial charge >= 0.3 is 0 Å². The van der Waals surface area contributed by atoms with Crippen LogP contribution in [0.2, 0.25) is 0 Å². The number of ether oxygens (including phenoxy) is 2. The summed E-state index contributed by atoms with van der Waals surface area (Å²) in [5, 5.41) is 2.87. The molecule has 0 fully saturated rings. The highest BCUT2D eigenvalue weighted by Crippen LogP contribution is 2.32. The Morgan fingerprint density at radius 3 is 2.67 bits per heavy atom. The quantitative estimate of drug-likeness (QED) is 0.819. The number of nitrogens with one attached hydrogen (secondary N) is 1. The molecule has 0 saturated heterocycles. The van der Waals surface area contributed by atoms with Crippen molar-refractivity contribution in [1.82, 2.24) is 0 Å². The lowest BCUT2D eigenvalue weighted by molar-refractivity contribution is -0.111. The van der Waals surface area contributed by atoms with Crippen LogP contribution in [0.3, 0.4) is 0 Å². The summed E-state index contributed by atoms with van der Waals surface area (Å²) in [6.07, 6.45) is 4.37. The molecule has 4 nitrogen and oxygen atoms in total. The summed E-state index contributed by atoms with van der Waals surface area (Å²) in [6, 6.07) is 13.6. The zero-order valence-electron chi connectivity index (χ0n) is 13.9. The monoisotopic (exact) mass is 323 g/mol. The number of fused-ring (bicyclic) bond motifs is 1. The minimum Gasteiger partial charge on any atom is -0.454 e. The molecule has 1 N–H and O–H groups in total. The van der Waals surface area contributed by atoms with Gasteiger partial charge in [-0.2, -0.15) is 0 Å². The Kier molecular flexibility index (Phi) is 4.85. The zero-order valence-corrected chi connectivity index (χ0v) is 13.9. The van der Waals surface area contributed by atoms with Crippen molar-refractivity contribution in [2.24, 2.45) is 0 Å². The predicted octanol–water partition coefficient (Wildman–Crippen LogP) is 4.58. The summed E-state index contributed by atoms with van der Waals surface area (Å²) in [5.41, 5.74) is 2.97. The molecule has 1 heterocycles. The van der Waals surface area contributed by atoms with Crippen LogP contribution in [-0.4, -0.2) is 12.7 Å². The second-order valence-corrected chi connectivity index (χ2v) is 5.87. The molecule has 0 aliphatic carbocycles. The molecule has 24 heavy (non-hydrogen) atoms. The summed E-state index contributed by atoms with van der Waals surface area (Å²) >= 11 is 0. The fraction of sp³-hybridized carbons (Fsp3) is 0.250. The van der Waals surface area contributed by atoms with Crippen LogP contribution in [-0.2, 0) is 4.79 Å². The van der Waals surface area contributed by atoms with Crippen LogP contribution in [0.1, 0.15) is 37.3 Å². The van der Waals surface area contributed by atoms with E-state index in [1.807, 2.05) is 30.3 Å². The topological polar surface area (TPSA) is 47.6 Å². The first-order chi connectivity index (χ1) is 11.7. The maximum Gasteiger partial charge on any atom is 0.248 e. The van der Waals surface area contributed by atoms with Crippen LogP contribution >= 0.6 is 0 Å². The van der Waals surface area contributed by atoms with Gasteiger partial charge in [-0.1, -0.05) is 32.0 Å². The molecule has 0 unspecified atom stereocenters. The van der Waals surface area contributed by atoms with Crippen molar-refractivity contribution in [2.45, 2.75) is 26.2 Å². The van der Waals surface area contributed by atoms with E-state index in [1.165, 1.54) is 11.6 Å². The molecule has 0 aromatic heterocycles. The molecular formula is C20H21NO3. The molecule has 1 aliphatic heterocycles. The van der Waals surface area contributed by atoms with E-state index in [-0.39, 0.29) is 12.7 Å². The minimum atomic E-state index is -0.163. The van der Waals surface area contributed by atoms with Gasteiger partial charge in [-0.25, -0.2) is 0 Å². The summed E-state index contributed by atoms with van der Waals surface area (Å²) in [7, 11) is 0. The smallest absolute Gasteiger partial charge is 0.248 e. The van der Waals surface area contributed by atoms with Gasteiger partial charge in [0.2, 0.25) is 12.7 Å². The van der Waals surface area contributed by atoms with Gasteiger partial charge in [-0.05, 0) is 53.8 Å². The number of hydrogen-bond acceptors (Lipinski definition) is 3. The molecule has 0 radical (unpaired) electrons.